The number of hydrogen-bond acceptors (Lipinski definition) is 4. The minimum atomic E-state index is 0.451. The van der Waals surface area contributed by atoms with Gasteiger partial charge in [-0.1, -0.05) is 11.6 Å². The van der Waals surface area contributed by atoms with E-state index in [9.17, 15) is 0 Å². The predicted molar refractivity (Wildman–Crippen MR) is 62.3 cm³/mol. The van der Waals surface area contributed by atoms with E-state index in [1.165, 1.54) is 0 Å². The summed E-state index contributed by atoms with van der Waals surface area (Å²) < 4.78 is 0. The van der Waals surface area contributed by atoms with Crippen molar-refractivity contribution in [3.63, 3.8) is 0 Å². The number of hydrogen-bond donors (Lipinski definition) is 0. The SMILES string of the molecule is Cc1cnc(-c2nc(C)c(C)c(Cl)n2)nc1. The maximum Gasteiger partial charge on any atom is 0.199 e. The molecule has 0 aliphatic carbocycles. The Labute approximate surface area is 98.8 Å². The molecule has 0 spiro atoms. The van der Waals surface area contributed by atoms with Crippen LogP contribution in [-0.2, 0) is 0 Å². The van der Waals surface area contributed by atoms with Gasteiger partial charge in [-0.2, -0.15) is 0 Å². The molecule has 0 saturated carbocycles. The van der Waals surface area contributed by atoms with Crippen molar-refractivity contribution in [1.82, 2.24) is 19.9 Å². The fourth-order valence-electron chi connectivity index (χ4n) is 1.20. The van der Waals surface area contributed by atoms with E-state index < -0.39 is 0 Å². The average molecular weight is 235 g/mol. The minimum absolute atomic E-state index is 0.451. The van der Waals surface area contributed by atoms with E-state index in [0.717, 1.165) is 16.8 Å². The number of aryl methyl sites for hydroxylation is 2. The van der Waals surface area contributed by atoms with Crippen LogP contribution in [0.3, 0.4) is 0 Å². The van der Waals surface area contributed by atoms with Gasteiger partial charge in [-0.15, -0.1) is 0 Å². The molecule has 2 aromatic heterocycles. The Morgan fingerprint density at radius 1 is 0.938 bits per heavy atom. The second-order valence-electron chi connectivity index (χ2n) is 3.63. The van der Waals surface area contributed by atoms with E-state index in [1.807, 2.05) is 20.8 Å². The van der Waals surface area contributed by atoms with Gasteiger partial charge in [0.05, 0.1) is 0 Å². The smallest absolute Gasteiger partial charge is 0.199 e. The Morgan fingerprint density at radius 2 is 1.56 bits per heavy atom. The lowest BCUT2D eigenvalue weighted by atomic mass is 10.3. The molecule has 5 heteroatoms. The van der Waals surface area contributed by atoms with Crippen molar-refractivity contribution < 1.29 is 0 Å². The molecule has 0 aliphatic heterocycles. The van der Waals surface area contributed by atoms with E-state index in [1.54, 1.807) is 12.4 Å². The van der Waals surface area contributed by atoms with Gasteiger partial charge in [0.15, 0.2) is 11.6 Å². The molecule has 0 unspecified atom stereocenters. The number of nitrogens with zero attached hydrogens (tertiary/aromatic N) is 4. The number of aromatic nitrogens is 4. The van der Waals surface area contributed by atoms with Crippen molar-refractivity contribution in [1.29, 1.82) is 0 Å². The first-order chi connectivity index (χ1) is 7.58. The summed E-state index contributed by atoms with van der Waals surface area (Å²) in [6.07, 6.45) is 3.46. The Bertz CT molecular complexity index is 499. The van der Waals surface area contributed by atoms with Gasteiger partial charge >= 0.3 is 0 Å². The first kappa shape index (κ1) is 11.0. The lowest BCUT2D eigenvalue weighted by molar-refractivity contribution is 1.02. The Balaban J connectivity index is 2.52. The summed E-state index contributed by atoms with van der Waals surface area (Å²) in [6, 6.07) is 0. The highest BCUT2D eigenvalue weighted by atomic mass is 35.5. The summed E-state index contributed by atoms with van der Waals surface area (Å²) in [5.74, 6) is 0.962. The minimum Gasteiger partial charge on any atom is -0.234 e. The second kappa shape index (κ2) is 4.14. The van der Waals surface area contributed by atoms with E-state index in [2.05, 4.69) is 19.9 Å². The van der Waals surface area contributed by atoms with Gasteiger partial charge in [0.25, 0.3) is 0 Å². The van der Waals surface area contributed by atoms with Crippen LogP contribution < -0.4 is 0 Å². The molecule has 0 aromatic carbocycles. The summed E-state index contributed by atoms with van der Waals surface area (Å²) in [6.45, 7) is 5.70. The van der Waals surface area contributed by atoms with Crippen LogP contribution in [0, 0.1) is 20.8 Å². The zero-order valence-corrected chi connectivity index (χ0v) is 10.1. The summed E-state index contributed by atoms with van der Waals surface area (Å²) in [4.78, 5) is 16.8. The fourth-order valence-corrected chi connectivity index (χ4v) is 1.42. The van der Waals surface area contributed by atoms with E-state index in [-0.39, 0.29) is 0 Å². The topological polar surface area (TPSA) is 51.6 Å². The highest BCUT2D eigenvalue weighted by Gasteiger charge is 2.09. The lowest BCUT2D eigenvalue weighted by Gasteiger charge is -2.04. The first-order valence-corrected chi connectivity index (χ1v) is 5.25. The van der Waals surface area contributed by atoms with Crippen molar-refractivity contribution in [3.8, 4) is 11.6 Å². The van der Waals surface area contributed by atoms with E-state index >= 15 is 0 Å². The van der Waals surface area contributed by atoms with Gasteiger partial charge in [0, 0.05) is 23.7 Å². The lowest BCUT2D eigenvalue weighted by Crippen LogP contribution is -1.99. The molecular weight excluding hydrogens is 224 g/mol. The number of halogens is 1. The van der Waals surface area contributed by atoms with Crippen molar-refractivity contribution >= 4 is 11.6 Å². The maximum atomic E-state index is 5.99. The molecule has 2 rings (SSSR count). The molecule has 0 aliphatic rings. The Kier molecular flexibility index (Phi) is 2.83. The van der Waals surface area contributed by atoms with Crippen LogP contribution in [0.2, 0.25) is 5.15 Å². The van der Waals surface area contributed by atoms with Crippen LogP contribution in [0.25, 0.3) is 11.6 Å². The van der Waals surface area contributed by atoms with E-state index in [4.69, 9.17) is 11.6 Å². The molecule has 4 nitrogen and oxygen atoms in total. The second-order valence-corrected chi connectivity index (χ2v) is 3.99. The monoisotopic (exact) mass is 234 g/mol. The predicted octanol–water partition coefficient (Wildman–Crippen LogP) is 2.51. The third-order valence-corrected chi connectivity index (χ3v) is 2.68. The average Bonchev–Trinajstić information content (AvgIpc) is 2.26. The normalized spacial score (nSPS) is 10.5. The standard InChI is InChI=1S/C11H11ClN4/c1-6-4-13-10(14-5-6)11-15-8(3)7(2)9(12)16-11/h4-5H,1-3H3. The zero-order chi connectivity index (χ0) is 11.7. The molecule has 0 saturated heterocycles. The molecule has 0 fully saturated rings. The molecular formula is C11H11ClN4. The molecule has 0 bridgehead atoms. The third-order valence-electron chi connectivity index (χ3n) is 2.31. The summed E-state index contributed by atoms with van der Waals surface area (Å²) in [5.41, 5.74) is 2.73. The van der Waals surface area contributed by atoms with Crippen LogP contribution in [0.5, 0.6) is 0 Å². The molecule has 0 radical (unpaired) electrons. The third kappa shape index (κ3) is 2.02. The van der Waals surface area contributed by atoms with Crippen molar-refractivity contribution in [2.45, 2.75) is 20.8 Å². The molecule has 2 heterocycles. The highest BCUT2D eigenvalue weighted by Crippen LogP contribution is 2.18. The van der Waals surface area contributed by atoms with Gasteiger partial charge in [0.1, 0.15) is 5.15 Å². The van der Waals surface area contributed by atoms with Gasteiger partial charge < -0.3 is 0 Å². The number of rotatable bonds is 1. The van der Waals surface area contributed by atoms with Crippen LogP contribution in [0.1, 0.15) is 16.8 Å². The van der Waals surface area contributed by atoms with Crippen molar-refractivity contribution in [2.75, 3.05) is 0 Å². The van der Waals surface area contributed by atoms with E-state index in [0.29, 0.717) is 16.8 Å². The first-order valence-electron chi connectivity index (χ1n) is 4.87. The highest BCUT2D eigenvalue weighted by molar-refractivity contribution is 6.30. The van der Waals surface area contributed by atoms with Crippen LogP contribution in [0.4, 0.5) is 0 Å². The Morgan fingerprint density at radius 3 is 2.12 bits per heavy atom. The molecule has 2 aromatic rings. The van der Waals surface area contributed by atoms with Gasteiger partial charge in [0.2, 0.25) is 0 Å². The summed E-state index contributed by atoms with van der Waals surface area (Å²) in [7, 11) is 0. The van der Waals surface area contributed by atoms with Crippen LogP contribution >= 0.6 is 11.6 Å². The molecule has 16 heavy (non-hydrogen) atoms. The molecule has 0 N–H and O–H groups in total. The Hall–Kier alpha value is -1.55. The maximum absolute atomic E-state index is 5.99. The van der Waals surface area contributed by atoms with Gasteiger partial charge in [-0.25, -0.2) is 19.9 Å². The van der Waals surface area contributed by atoms with Crippen molar-refractivity contribution in [2.24, 2.45) is 0 Å². The van der Waals surface area contributed by atoms with Gasteiger partial charge in [-0.3, -0.25) is 0 Å². The summed E-state index contributed by atoms with van der Waals surface area (Å²) in [5, 5.41) is 0.451. The van der Waals surface area contributed by atoms with Gasteiger partial charge in [-0.05, 0) is 26.3 Å². The summed E-state index contributed by atoms with van der Waals surface area (Å²) >= 11 is 5.99. The fraction of sp³-hybridized carbons (Fsp3) is 0.273. The van der Waals surface area contributed by atoms with Crippen LogP contribution in [-0.4, -0.2) is 19.9 Å². The van der Waals surface area contributed by atoms with Crippen molar-refractivity contribution in [3.05, 3.63) is 34.4 Å². The quantitative estimate of drug-likeness (QED) is 0.712. The largest absolute Gasteiger partial charge is 0.234 e. The van der Waals surface area contributed by atoms with Crippen LogP contribution in [0.15, 0.2) is 12.4 Å². The molecule has 0 atom stereocenters. The molecule has 82 valence electrons. The zero-order valence-electron chi connectivity index (χ0n) is 9.32. The molecule has 0 amide bonds.